The number of aryl methyl sites for hydroxylation is 1. The highest BCUT2D eigenvalue weighted by molar-refractivity contribution is 6.32. The Morgan fingerprint density at radius 2 is 1.83 bits per heavy atom. The lowest BCUT2D eigenvalue weighted by molar-refractivity contribution is -0.670. The normalized spacial score (nSPS) is 11.1. The van der Waals surface area contributed by atoms with Crippen molar-refractivity contribution in [3.8, 4) is 0 Å². The zero-order valence-electron chi connectivity index (χ0n) is 13.3. The van der Waals surface area contributed by atoms with Crippen molar-refractivity contribution < 1.29 is 9.73 Å². The number of hydrogen-bond donors (Lipinski definition) is 1. The Morgan fingerprint density at radius 1 is 1.08 bits per heavy atom. The molecular formula is C19H18Cl2NO2+. The summed E-state index contributed by atoms with van der Waals surface area (Å²) in [6.07, 6.45) is 0.941. The molecular weight excluding hydrogens is 345 g/mol. The Kier molecular flexibility index (Phi) is 5.24. The molecule has 3 nitrogen and oxygen atoms in total. The highest BCUT2D eigenvalue weighted by Gasteiger charge is 2.09. The first kappa shape index (κ1) is 17.0. The summed E-state index contributed by atoms with van der Waals surface area (Å²) in [5, 5.41) is 4.50. The van der Waals surface area contributed by atoms with Crippen molar-refractivity contribution >= 4 is 34.2 Å². The third kappa shape index (κ3) is 3.99. The fraction of sp³-hybridized carbons (Fsp3) is 0.211. The smallest absolute Gasteiger partial charge is 0.336 e. The molecule has 0 saturated heterocycles. The molecule has 0 bridgehead atoms. The minimum absolute atomic E-state index is 0.328. The predicted molar refractivity (Wildman–Crippen MR) is 97.9 cm³/mol. The summed E-state index contributed by atoms with van der Waals surface area (Å²) in [4.78, 5) is 11.8. The molecule has 0 fully saturated rings. The van der Waals surface area contributed by atoms with E-state index in [1.165, 1.54) is 5.56 Å². The average molecular weight is 363 g/mol. The van der Waals surface area contributed by atoms with Crippen molar-refractivity contribution in [2.45, 2.75) is 19.9 Å². The Hall–Kier alpha value is -1.81. The van der Waals surface area contributed by atoms with Crippen molar-refractivity contribution in [2.24, 2.45) is 0 Å². The molecule has 2 N–H and O–H groups in total. The molecule has 0 unspecified atom stereocenters. The third-order valence-corrected chi connectivity index (χ3v) is 4.68. The molecule has 0 saturated carbocycles. The van der Waals surface area contributed by atoms with Crippen LogP contribution in [0.1, 0.15) is 16.7 Å². The van der Waals surface area contributed by atoms with Crippen LogP contribution in [0.5, 0.6) is 0 Å². The maximum absolute atomic E-state index is 11.8. The Labute approximate surface area is 150 Å². The lowest BCUT2D eigenvalue weighted by Gasteiger charge is -2.07. The van der Waals surface area contributed by atoms with Gasteiger partial charge < -0.3 is 9.73 Å². The van der Waals surface area contributed by atoms with Gasteiger partial charge in [0, 0.05) is 33.5 Å². The minimum Gasteiger partial charge on any atom is -0.423 e. The van der Waals surface area contributed by atoms with Crippen molar-refractivity contribution in [2.75, 3.05) is 6.54 Å². The van der Waals surface area contributed by atoms with Gasteiger partial charge in [-0.2, -0.15) is 0 Å². The van der Waals surface area contributed by atoms with Crippen LogP contribution in [0.2, 0.25) is 10.0 Å². The zero-order valence-corrected chi connectivity index (χ0v) is 14.8. The molecule has 0 atom stereocenters. The Bertz CT molecular complexity index is 917. The fourth-order valence-electron chi connectivity index (χ4n) is 2.69. The molecule has 2 aromatic carbocycles. The first-order valence-corrected chi connectivity index (χ1v) is 8.57. The zero-order chi connectivity index (χ0) is 17.1. The molecule has 124 valence electrons. The third-order valence-electron chi connectivity index (χ3n) is 4.02. The number of fused-ring (bicyclic) bond motifs is 1. The van der Waals surface area contributed by atoms with Gasteiger partial charge in [0.2, 0.25) is 0 Å². The molecule has 24 heavy (non-hydrogen) atoms. The number of quaternary nitrogens is 1. The van der Waals surface area contributed by atoms with Crippen LogP contribution < -0.4 is 10.9 Å². The molecule has 0 radical (unpaired) electrons. The van der Waals surface area contributed by atoms with Gasteiger partial charge in [-0.3, -0.25) is 0 Å². The summed E-state index contributed by atoms with van der Waals surface area (Å²) in [6, 6.07) is 13.1. The van der Waals surface area contributed by atoms with Gasteiger partial charge in [0.25, 0.3) is 0 Å². The molecule has 0 aliphatic heterocycles. The minimum atomic E-state index is -0.328. The summed E-state index contributed by atoms with van der Waals surface area (Å²) in [5.41, 5.74) is 3.35. The van der Waals surface area contributed by atoms with E-state index in [1.807, 2.05) is 43.3 Å². The molecule has 0 aliphatic rings. The van der Waals surface area contributed by atoms with Gasteiger partial charge >= 0.3 is 5.63 Å². The summed E-state index contributed by atoms with van der Waals surface area (Å²) in [6.45, 7) is 3.52. The predicted octanol–water partition coefficient (Wildman–Crippen LogP) is 3.71. The van der Waals surface area contributed by atoms with E-state index in [2.05, 4.69) is 5.32 Å². The fourth-order valence-corrected chi connectivity index (χ4v) is 2.98. The van der Waals surface area contributed by atoms with E-state index in [0.717, 1.165) is 34.5 Å². The van der Waals surface area contributed by atoms with Crippen LogP contribution in [-0.2, 0) is 13.0 Å². The number of hydrogen-bond acceptors (Lipinski definition) is 2. The van der Waals surface area contributed by atoms with E-state index in [4.69, 9.17) is 27.6 Å². The van der Waals surface area contributed by atoms with Crippen LogP contribution in [0.4, 0.5) is 0 Å². The van der Waals surface area contributed by atoms with Gasteiger partial charge in [-0.25, -0.2) is 4.79 Å². The number of benzene rings is 2. The molecule has 3 rings (SSSR count). The van der Waals surface area contributed by atoms with Gasteiger partial charge in [0.15, 0.2) is 0 Å². The SMILES string of the molecule is Cc1cc2oc(=O)cc(C[NH2+]CCc3ccc(Cl)cc3)c2cc1Cl. The van der Waals surface area contributed by atoms with Gasteiger partial charge in [-0.1, -0.05) is 35.3 Å². The topological polar surface area (TPSA) is 46.8 Å². The van der Waals surface area contributed by atoms with Crippen LogP contribution in [0.25, 0.3) is 11.0 Å². The molecule has 1 heterocycles. The van der Waals surface area contributed by atoms with Crippen LogP contribution >= 0.6 is 23.2 Å². The quantitative estimate of drug-likeness (QED) is 0.555. The maximum Gasteiger partial charge on any atom is 0.336 e. The molecule has 3 aromatic rings. The van der Waals surface area contributed by atoms with Gasteiger partial charge in [-0.15, -0.1) is 0 Å². The largest absolute Gasteiger partial charge is 0.423 e. The molecule has 0 amide bonds. The summed E-state index contributed by atoms with van der Waals surface area (Å²) in [7, 11) is 0. The second-order valence-electron chi connectivity index (χ2n) is 5.85. The summed E-state index contributed by atoms with van der Waals surface area (Å²) >= 11 is 12.1. The maximum atomic E-state index is 11.8. The van der Waals surface area contributed by atoms with Crippen LogP contribution in [0.15, 0.2) is 51.7 Å². The van der Waals surface area contributed by atoms with E-state index in [1.54, 1.807) is 6.07 Å². The van der Waals surface area contributed by atoms with Crippen LogP contribution in [0, 0.1) is 6.92 Å². The second kappa shape index (κ2) is 7.39. The highest BCUT2D eigenvalue weighted by atomic mass is 35.5. The lowest BCUT2D eigenvalue weighted by Crippen LogP contribution is -2.83. The standard InChI is InChI=1S/C19H17Cl2NO2/c1-12-8-18-16(10-17(12)21)14(9-19(23)24-18)11-22-7-6-13-2-4-15(20)5-3-13/h2-5,8-10,22H,6-7,11H2,1H3/p+1. The number of rotatable bonds is 5. The van der Waals surface area contributed by atoms with Crippen LogP contribution in [0.3, 0.4) is 0 Å². The summed E-state index contributed by atoms with van der Waals surface area (Å²) < 4.78 is 5.28. The Morgan fingerprint density at radius 3 is 2.58 bits per heavy atom. The van der Waals surface area contributed by atoms with Crippen molar-refractivity contribution in [3.63, 3.8) is 0 Å². The first-order chi connectivity index (χ1) is 11.5. The molecule has 0 spiro atoms. The van der Waals surface area contributed by atoms with Crippen molar-refractivity contribution in [3.05, 3.63) is 79.6 Å². The molecule has 5 heteroatoms. The first-order valence-electron chi connectivity index (χ1n) is 7.82. The Balaban J connectivity index is 1.71. The van der Waals surface area contributed by atoms with E-state index < -0.39 is 0 Å². The van der Waals surface area contributed by atoms with Crippen molar-refractivity contribution in [1.29, 1.82) is 0 Å². The molecule has 0 aliphatic carbocycles. The second-order valence-corrected chi connectivity index (χ2v) is 6.69. The van der Waals surface area contributed by atoms with E-state index >= 15 is 0 Å². The summed E-state index contributed by atoms with van der Waals surface area (Å²) in [5.74, 6) is 0. The van der Waals surface area contributed by atoms with E-state index in [-0.39, 0.29) is 5.63 Å². The average Bonchev–Trinajstić information content (AvgIpc) is 2.55. The van der Waals surface area contributed by atoms with Crippen LogP contribution in [-0.4, -0.2) is 6.54 Å². The van der Waals surface area contributed by atoms with E-state index in [9.17, 15) is 4.79 Å². The van der Waals surface area contributed by atoms with Gasteiger partial charge in [0.1, 0.15) is 12.1 Å². The van der Waals surface area contributed by atoms with Gasteiger partial charge in [-0.05, 0) is 42.3 Å². The van der Waals surface area contributed by atoms with Gasteiger partial charge in [0.05, 0.1) is 6.54 Å². The number of halogens is 2. The lowest BCUT2D eigenvalue weighted by atomic mass is 10.1. The van der Waals surface area contributed by atoms with Crippen molar-refractivity contribution in [1.82, 2.24) is 0 Å². The van der Waals surface area contributed by atoms with E-state index in [0.29, 0.717) is 17.2 Å². The highest BCUT2D eigenvalue weighted by Crippen LogP contribution is 2.24. The number of nitrogens with two attached hydrogens (primary N) is 1. The monoisotopic (exact) mass is 362 g/mol. The molecule has 1 aromatic heterocycles.